The summed E-state index contributed by atoms with van der Waals surface area (Å²) in [7, 11) is 6.02. The third kappa shape index (κ3) is 10.5. The van der Waals surface area contributed by atoms with E-state index in [1.165, 1.54) is 37.7 Å². The summed E-state index contributed by atoms with van der Waals surface area (Å²) in [5.74, 6) is 2.47. The number of para-hydroxylation sites is 1. The van der Waals surface area contributed by atoms with E-state index in [-0.39, 0.29) is 0 Å². The number of aromatic nitrogens is 2. The van der Waals surface area contributed by atoms with Crippen LogP contribution in [-0.4, -0.2) is 55.4 Å². The molecule has 1 fully saturated rings. The minimum atomic E-state index is 0.515. The number of fused-ring (bicyclic) bond motifs is 1. The van der Waals surface area contributed by atoms with Crippen molar-refractivity contribution in [1.29, 1.82) is 0 Å². The lowest BCUT2D eigenvalue weighted by molar-refractivity contribution is -0.107. The first-order valence-corrected chi connectivity index (χ1v) is 12.8. The van der Waals surface area contributed by atoms with Crippen LogP contribution in [0, 0.1) is 5.92 Å². The molecule has 190 valence electrons. The highest BCUT2D eigenvalue weighted by atomic mass is 16.1. The number of aldehydes is 1. The highest BCUT2D eigenvalue weighted by Gasteiger charge is 2.15. The fourth-order valence-electron chi connectivity index (χ4n) is 4.24. The summed E-state index contributed by atoms with van der Waals surface area (Å²) in [4.78, 5) is 21.6. The number of carbonyl (C=O) groups excluding carboxylic acids is 1. The van der Waals surface area contributed by atoms with Gasteiger partial charge < -0.3 is 20.3 Å². The topological polar surface area (TPSA) is 70.2 Å². The monoisotopic (exact) mass is 477 g/mol. The largest absolute Gasteiger partial charge is 0.369 e. The minimum absolute atomic E-state index is 0.515. The predicted octanol–water partition coefficient (Wildman–Crippen LogP) is 5.54. The van der Waals surface area contributed by atoms with Crippen LogP contribution < -0.4 is 10.6 Å². The van der Waals surface area contributed by atoms with Crippen LogP contribution in [0.3, 0.4) is 0 Å². The normalized spacial score (nSPS) is 14.7. The highest BCUT2D eigenvalue weighted by molar-refractivity contribution is 5.88. The predicted molar refractivity (Wildman–Crippen MR) is 149 cm³/mol. The number of hydrogen-bond donors (Lipinski definition) is 2. The van der Waals surface area contributed by atoms with E-state index in [1.54, 1.807) is 0 Å². The van der Waals surface area contributed by atoms with Crippen LogP contribution in [0.5, 0.6) is 0 Å². The summed E-state index contributed by atoms with van der Waals surface area (Å²) >= 11 is 0. The molecule has 2 aromatic rings. The van der Waals surface area contributed by atoms with Crippen molar-refractivity contribution in [2.75, 3.05) is 39.5 Å². The van der Waals surface area contributed by atoms with Crippen LogP contribution in [0.1, 0.15) is 50.8 Å². The van der Waals surface area contributed by atoms with Crippen LogP contribution in [0.15, 0.2) is 60.7 Å². The molecule has 1 heterocycles. The van der Waals surface area contributed by atoms with Gasteiger partial charge in [-0.05, 0) is 70.6 Å². The van der Waals surface area contributed by atoms with Gasteiger partial charge in [-0.2, -0.15) is 0 Å². The molecule has 0 unspecified atom stereocenters. The summed E-state index contributed by atoms with van der Waals surface area (Å²) in [6.45, 7) is 6.40. The van der Waals surface area contributed by atoms with Crippen molar-refractivity contribution in [3.63, 3.8) is 0 Å². The first-order valence-electron chi connectivity index (χ1n) is 12.8. The van der Waals surface area contributed by atoms with Gasteiger partial charge in [0.15, 0.2) is 0 Å². The molecular weight excluding hydrogens is 434 g/mol. The Morgan fingerprint density at radius 3 is 2.60 bits per heavy atom. The van der Waals surface area contributed by atoms with Gasteiger partial charge in [0.25, 0.3) is 0 Å². The zero-order valence-corrected chi connectivity index (χ0v) is 21.8. The number of nitrogens with zero attached hydrogens (tertiary/aromatic N) is 3. The molecule has 0 spiro atoms. The van der Waals surface area contributed by atoms with Crippen molar-refractivity contribution in [2.24, 2.45) is 5.92 Å². The van der Waals surface area contributed by atoms with Gasteiger partial charge in [0.05, 0.1) is 12.1 Å². The van der Waals surface area contributed by atoms with Gasteiger partial charge in [0, 0.05) is 18.4 Å². The third-order valence-corrected chi connectivity index (χ3v) is 5.93. The Morgan fingerprint density at radius 1 is 1.14 bits per heavy atom. The quantitative estimate of drug-likeness (QED) is 0.238. The molecule has 6 heteroatoms. The lowest BCUT2D eigenvalue weighted by atomic mass is 9.83. The van der Waals surface area contributed by atoms with E-state index in [0.717, 1.165) is 54.9 Å². The van der Waals surface area contributed by atoms with Crippen LogP contribution in [0.4, 0.5) is 5.82 Å². The Labute approximate surface area is 211 Å². The van der Waals surface area contributed by atoms with Gasteiger partial charge in [0.1, 0.15) is 17.9 Å². The molecule has 2 N–H and O–H groups in total. The number of carbonyl (C=O) groups is 1. The molecule has 1 aliphatic rings. The average Bonchev–Trinajstić information content (AvgIpc) is 2.87. The van der Waals surface area contributed by atoms with Gasteiger partial charge in [-0.15, -0.1) is 0 Å². The van der Waals surface area contributed by atoms with E-state index in [0.29, 0.717) is 12.3 Å². The van der Waals surface area contributed by atoms with Crippen molar-refractivity contribution in [2.45, 2.75) is 51.5 Å². The smallest absolute Gasteiger partial charge is 0.145 e. The molecule has 0 radical (unpaired) electrons. The first kappa shape index (κ1) is 28.4. The maximum Gasteiger partial charge on any atom is 0.145 e. The molecule has 0 amide bonds. The second-order valence-corrected chi connectivity index (χ2v) is 9.17. The number of benzene rings is 1. The molecule has 1 aromatic carbocycles. The number of nitrogens with one attached hydrogen (secondary N) is 2. The number of hydrogen-bond acceptors (Lipinski definition) is 6. The van der Waals surface area contributed by atoms with Crippen molar-refractivity contribution in [1.82, 2.24) is 20.2 Å². The molecule has 1 saturated carbocycles. The molecule has 1 aliphatic carbocycles. The molecule has 0 bridgehead atoms. The maximum absolute atomic E-state index is 10.2. The average molecular weight is 478 g/mol. The van der Waals surface area contributed by atoms with E-state index >= 15 is 0 Å². The SMILES string of the molecule is C=C/C=C(\C=C/CC=O)C1CCCCC1.CNCCCNc1nc(CN(C)C)nc2ccccc12. The molecule has 1 aromatic heterocycles. The molecule has 0 atom stereocenters. The fraction of sp³-hybridized carbons (Fsp3) is 0.483. The summed E-state index contributed by atoms with van der Waals surface area (Å²) in [5.41, 5.74) is 2.34. The van der Waals surface area contributed by atoms with Crippen LogP contribution in [0.25, 0.3) is 10.9 Å². The summed E-state index contributed by atoms with van der Waals surface area (Å²) in [6.07, 6.45) is 17.1. The molecule has 0 aliphatic heterocycles. The minimum Gasteiger partial charge on any atom is -0.369 e. The van der Waals surface area contributed by atoms with Gasteiger partial charge in [0.2, 0.25) is 0 Å². The maximum atomic E-state index is 10.2. The Morgan fingerprint density at radius 2 is 1.91 bits per heavy atom. The van der Waals surface area contributed by atoms with E-state index in [2.05, 4.69) is 50.3 Å². The van der Waals surface area contributed by atoms with E-state index in [4.69, 9.17) is 0 Å². The van der Waals surface area contributed by atoms with Crippen molar-refractivity contribution in [3.8, 4) is 0 Å². The van der Waals surface area contributed by atoms with E-state index in [9.17, 15) is 4.79 Å². The highest BCUT2D eigenvalue weighted by Crippen LogP contribution is 2.30. The van der Waals surface area contributed by atoms with E-state index in [1.807, 2.05) is 51.5 Å². The van der Waals surface area contributed by atoms with Crippen LogP contribution in [0.2, 0.25) is 0 Å². The Kier molecular flexibility index (Phi) is 13.6. The summed E-state index contributed by atoms with van der Waals surface area (Å²) in [6, 6.07) is 8.14. The Balaban J connectivity index is 0.000000258. The van der Waals surface area contributed by atoms with Crippen molar-refractivity contribution in [3.05, 3.63) is 66.5 Å². The molecular formula is C29H43N5O. The van der Waals surface area contributed by atoms with Gasteiger partial charge >= 0.3 is 0 Å². The van der Waals surface area contributed by atoms with Crippen LogP contribution >= 0.6 is 0 Å². The van der Waals surface area contributed by atoms with Crippen molar-refractivity contribution >= 4 is 23.0 Å². The fourth-order valence-corrected chi connectivity index (χ4v) is 4.24. The number of anilines is 1. The number of rotatable bonds is 12. The van der Waals surface area contributed by atoms with Gasteiger partial charge in [-0.3, -0.25) is 0 Å². The Bertz CT molecular complexity index is 961. The lowest BCUT2D eigenvalue weighted by Gasteiger charge is -2.22. The summed E-state index contributed by atoms with van der Waals surface area (Å²) < 4.78 is 0. The van der Waals surface area contributed by atoms with Crippen LogP contribution in [-0.2, 0) is 11.3 Å². The molecule has 35 heavy (non-hydrogen) atoms. The standard InChI is InChI=1S/C15H23N5.C14H20O/c1-16-9-6-10-17-15-12-7-4-5-8-13(12)18-14(19-15)11-20(2)3;1-2-8-13(11-6-7-12-15)14-9-4-3-5-10-14/h4-5,7-8,16H,6,9-11H2,1-3H3,(H,17,18,19);2,6,8,11-12,14H,1,3-5,7,9-10H2/b;11-6-,13-8+. The molecule has 6 nitrogen and oxygen atoms in total. The third-order valence-electron chi connectivity index (χ3n) is 5.93. The summed E-state index contributed by atoms with van der Waals surface area (Å²) in [5, 5.41) is 7.66. The van der Waals surface area contributed by atoms with Gasteiger partial charge in [-0.1, -0.05) is 62.3 Å². The Hall–Kier alpha value is -2.83. The zero-order chi connectivity index (χ0) is 25.3. The molecule has 0 saturated heterocycles. The zero-order valence-electron chi connectivity index (χ0n) is 21.8. The second kappa shape index (κ2) is 16.7. The van der Waals surface area contributed by atoms with Crippen molar-refractivity contribution < 1.29 is 4.79 Å². The first-order chi connectivity index (χ1) is 17.1. The lowest BCUT2D eigenvalue weighted by Crippen LogP contribution is -2.16. The van der Waals surface area contributed by atoms with E-state index < -0.39 is 0 Å². The number of allylic oxidation sites excluding steroid dienone is 5. The van der Waals surface area contributed by atoms with Gasteiger partial charge in [-0.25, -0.2) is 9.97 Å². The second-order valence-electron chi connectivity index (χ2n) is 9.17. The molecule has 3 rings (SSSR count).